The van der Waals surface area contributed by atoms with Gasteiger partial charge < -0.3 is 4.74 Å². The largest absolute Gasteiger partial charge is 0.455 e. The van der Waals surface area contributed by atoms with E-state index in [9.17, 15) is 4.79 Å². The van der Waals surface area contributed by atoms with Crippen LogP contribution in [0.1, 0.15) is 40.1 Å². The Hall–Kier alpha value is -3.10. The molecule has 3 heterocycles. The van der Waals surface area contributed by atoms with Crippen molar-refractivity contribution < 1.29 is 9.53 Å². The van der Waals surface area contributed by atoms with Crippen LogP contribution in [0.15, 0.2) is 48.8 Å². The number of hydrogen-bond donors (Lipinski definition) is 0. The van der Waals surface area contributed by atoms with Gasteiger partial charge in [0.15, 0.2) is 0 Å². The van der Waals surface area contributed by atoms with Gasteiger partial charge in [-0.2, -0.15) is 0 Å². The van der Waals surface area contributed by atoms with Crippen molar-refractivity contribution in [2.24, 2.45) is 0 Å². The van der Waals surface area contributed by atoms with E-state index in [0.29, 0.717) is 21.3 Å². The molecule has 0 radical (unpaired) electrons. The smallest absolute Gasteiger partial charge is 0.350 e. The third kappa shape index (κ3) is 4.98. The minimum Gasteiger partial charge on any atom is -0.455 e. The summed E-state index contributed by atoms with van der Waals surface area (Å²) in [5.41, 5.74) is 3.92. The van der Waals surface area contributed by atoms with Crippen molar-refractivity contribution in [1.29, 1.82) is 0 Å². The fraction of sp³-hybridized carbons (Fsp3) is 0.227. The Morgan fingerprint density at radius 1 is 1.23 bits per heavy atom. The quantitative estimate of drug-likeness (QED) is 0.364. The topological polar surface area (TPSA) is 82.8 Å². The third-order valence-corrected chi connectivity index (χ3v) is 5.94. The number of esters is 1. The van der Waals surface area contributed by atoms with E-state index in [-0.39, 0.29) is 6.61 Å². The first-order chi connectivity index (χ1) is 15.0. The van der Waals surface area contributed by atoms with Crippen LogP contribution in [0.3, 0.4) is 0 Å². The molecule has 0 spiro atoms. The summed E-state index contributed by atoms with van der Waals surface area (Å²) in [6.45, 7) is 3.94. The highest BCUT2D eigenvalue weighted by Gasteiger charge is 2.18. The number of thiazole rings is 1. The van der Waals surface area contributed by atoms with Gasteiger partial charge in [-0.1, -0.05) is 36.2 Å². The number of nitrogens with zero attached hydrogens (tertiary/aromatic N) is 5. The van der Waals surface area contributed by atoms with Gasteiger partial charge in [0.2, 0.25) is 0 Å². The van der Waals surface area contributed by atoms with Crippen LogP contribution in [0.2, 0.25) is 5.02 Å². The van der Waals surface area contributed by atoms with Crippen LogP contribution < -0.4 is 0 Å². The van der Waals surface area contributed by atoms with Gasteiger partial charge >= 0.3 is 5.97 Å². The molecule has 4 rings (SSSR count). The zero-order valence-corrected chi connectivity index (χ0v) is 18.7. The van der Waals surface area contributed by atoms with Gasteiger partial charge in [-0.25, -0.2) is 14.5 Å². The summed E-state index contributed by atoms with van der Waals surface area (Å²) >= 11 is 7.34. The molecule has 158 valence electrons. The van der Waals surface area contributed by atoms with Crippen LogP contribution in [-0.2, 0) is 17.8 Å². The Morgan fingerprint density at radius 3 is 2.90 bits per heavy atom. The zero-order chi connectivity index (χ0) is 21.8. The molecule has 0 amide bonds. The number of carbonyl (C=O) groups excluding carboxylic acids is 1. The summed E-state index contributed by atoms with van der Waals surface area (Å²) in [5.74, 6) is -0.429. The Balaban J connectivity index is 1.44. The van der Waals surface area contributed by atoms with E-state index in [2.05, 4.69) is 27.2 Å². The van der Waals surface area contributed by atoms with Crippen LogP contribution in [0.5, 0.6) is 0 Å². The maximum absolute atomic E-state index is 12.6. The Kier molecular flexibility index (Phi) is 6.39. The van der Waals surface area contributed by atoms with Gasteiger partial charge in [0.1, 0.15) is 22.2 Å². The van der Waals surface area contributed by atoms with Crippen LogP contribution in [-0.4, -0.2) is 30.9 Å². The first kappa shape index (κ1) is 21.1. The standard InChI is InChI=1S/C22H20ClN5O2S/c1-3-5-17-10-15(8-9-24-17)21-25-14(2)20(31-21)22(29)30-13-18-12-28(27-26-18)19-7-4-6-16(23)11-19/h4,6-12H,3,5,13H2,1-2H3. The fourth-order valence-corrected chi connectivity index (χ4v) is 4.17. The molecule has 0 fully saturated rings. The highest BCUT2D eigenvalue weighted by molar-refractivity contribution is 7.17. The summed E-state index contributed by atoms with van der Waals surface area (Å²) in [6.07, 6.45) is 5.41. The van der Waals surface area contributed by atoms with E-state index >= 15 is 0 Å². The van der Waals surface area contributed by atoms with E-state index < -0.39 is 5.97 Å². The van der Waals surface area contributed by atoms with Crippen molar-refractivity contribution in [2.75, 3.05) is 0 Å². The summed E-state index contributed by atoms with van der Waals surface area (Å²) in [5, 5.41) is 9.51. The lowest BCUT2D eigenvalue weighted by molar-refractivity contribution is 0.0472. The minimum atomic E-state index is -0.429. The van der Waals surface area contributed by atoms with Gasteiger partial charge in [-0.05, 0) is 43.7 Å². The van der Waals surface area contributed by atoms with Gasteiger partial charge in [-0.3, -0.25) is 4.98 Å². The second kappa shape index (κ2) is 9.36. The number of pyridine rings is 1. The average Bonchev–Trinajstić information content (AvgIpc) is 3.39. The number of carbonyl (C=O) groups is 1. The normalized spacial score (nSPS) is 10.9. The molecule has 0 N–H and O–H groups in total. The molecule has 0 bridgehead atoms. The van der Waals surface area contributed by atoms with Crippen LogP contribution in [0.25, 0.3) is 16.3 Å². The highest BCUT2D eigenvalue weighted by Crippen LogP contribution is 2.29. The summed E-state index contributed by atoms with van der Waals surface area (Å²) in [4.78, 5) is 22.0. The number of hydrogen-bond acceptors (Lipinski definition) is 7. The predicted molar refractivity (Wildman–Crippen MR) is 120 cm³/mol. The van der Waals surface area contributed by atoms with Crippen LogP contribution in [0, 0.1) is 6.92 Å². The summed E-state index contributed by atoms with van der Waals surface area (Å²) < 4.78 is 7.04. The molecular weight excluding hydrogens is 434 g/mol. The van der Waals surface area contributed by atoms with Gasteiger partial charge in [-0.15, -0.1) is 16.4 Å². The number of halogens is 1. The van der Waals surface area contributed by atoms with Crippen molar-refractivity contribution in [3.05, 3.63) is 75.8 Å². The van der Waals surface area contributed by atoms with E-state index in [4.69, 9.17) is 16.3 Å². The molecule has 0 aliphatic heterocycles. The Morgan fingerprint density at radius 2 is 2.10 bits per heavy atom. The maximum Gasteiger partial charge on any atom is 0.350 e. The first-order valence-electron chi connectivity index (χ1n) is 9.80. The van der Waals surface area contributed by atoms with Gasteiger partial charge in [0.25, 0.3) is 0 Å². The summed E-state index contributed by atoms with van der Waals surface area (Å²) in [6, 6.07) is 11.2. The fourth-order valence-electron chi connectivity index (χ4n) is 3.03. The van der Waals surface area contributed by atoms with E-state index in [1.54, 1.807) is 36.1 Å². The Bertz CT molecular complexity index is 1220. The molecule has 9 heteroatoms. The minimum absolute atomic E-state index is 0.0159. The lowest BCUT2D eigenvalue weighted by Crippen LogP contribution is -2.05. The molecule has 7 nitrogen and oxygen atoms in total. The molecule has 0 aliphatic rings. The predicted octanol–water partition coefficient (Wildman–Crippen LogP) is 5.06. The molecule has 0 saturated heterocycles. The molecule has 0 aliphatic carbocycles. The van der Waals surface area contributed by atoms with Crippen molar-refractivity contribution in [2.45, 2.75) is 33.3 Å². The van der Waals surface area contributed by atoms with Crippen molar-refractivity contribution in [3.8, 4) is 16.3 Å². The molecule has 0 unspecified atom stereocenters. The second-order valence-electron chi connectivity index (χ2n) is 6.93. The number of aryl methyl sites for hydroxylation is 2. The summed E-state index contributed by atoms with van der Waals surface area (Å²) in [7, 11) is 0. The molecule has 1 aromatic carbocycles. The Labute approximate surface area is 188 Å². The second-order valence-corrected chi connectivity index (χ2v) is 8.37. The highest BCUT2D eigenvalue weighted by atomic mass is 35.5. The van der Waals surface area contributed by atoms with Crippen LogP contribution >= 0.6 is 22.9 Å². The number of aromatic nitrogens is 5. The lowest BCUT2D eigenvalue weighted by atomic mass is 10.2. The monoisotopic (exact) mass is 453 g/mol. The number of ether oxygens (including phenoxy) is 1. The molecule has 0 saturated carbocycles. The SMILES string of the molecule is CCCc1cc(-c2nc(C)c(C(=O)OCc3cn(-c4cccc(Cl)c4)nn3)s2)ccn1. The van der Waals surface area contributed by atoms with Crippen LogP contribution in [0.4, 0.5) is 0 Å². The molecule has 0 atom stereocenters. The zero-order valence-electron chi connectivity index (χ0n) is 17.1. The maximum atomic E-state index is 12.6. The van der Waals surface area contributed by atoms with Crippen molar-refractivity contribution in [1.82, 2.24) is 25.0 Å². The molecular formula is C22H20ClN5O2S. The van der Waals surface area contributed by atoms with E-state index in [1.165, 1.54) is 11.3 Å². The van der Waals surface area contributed by atoms with E-state index in [1.807, 2.05) is 24.3 Å². The average molecular weight is 454 g/mol. The van der Waals surface area contributed by atoms with Crippen molar-refractivity contribution >= 4 is 28.9 Å². The third-order valence-electron chi connectivity index (χ3n) is 4.52. The first-order valence-corrected chi connectivity index (χ1v) is 11.0. The number of benzene rings is 1. The van der Waals surface area contributed by atoms with Gasteiger partial charge in [0.05, 0.1) is 17.6 Å². The molecule has 31 heavy (non-hydrogen) atoms. The lowest BCUT2D eigenvalue weighted by Gasteiger charge is -2.01. The molecule has 3 aromatic heterocycles. The number of rotatable bonds is 7. The van der Waals surface area contributed by atoms with E-state index in [0.717, 1.165) is 34.8 Å². The van der Waals surface area contributed by atoms with Crippen molar-refractivity contribution in [3.63, 3.8) is 0 Å². The van der Waals surface area contributed by atoms with Gasteiger partial charge in [0, 0.05) is 22.5 Å². The molecule has 4 aromatic rings.